The third-order valence-electron chi connectivity index (χ3n) is 5.62. The fourth-order valence-corrected chi connectivity index (χ4v) is 4.01. The number of ketones is 1. The summed E-state index contributed by atoms with van der Waals surface area (Å²) in [6.45, 7) is 1.10. The Hall–Kier alpha value is -3.97. The van der Waals surface area contributed by atoms with Gasteiger partial charge in [-0.25, -0.2) is 0 Å². The molecule has 7 heteroatoms. The van der Waals surface area contributed by atoms with E-state index in [9.17, 15) is 9.90 Å². The molecular weight excluding hydrogens is 434 g/mol. The molecule has 0 saturated heterocycles. The number of carbonyl (C=O) groups excluding carboxylic acids is 1. The predicted molar refractivity (Wildman–Crippen MR) is 129 cm³/mol. The van der Waals surface area contributed by atoms with Crippen molar-refractivity contribution in [2.75, 3.05) is 28.4 Å². The van der Waals surface area contributed by atoms with E-state index >= 15 is 0 Å². The van der Waals surface area contributed by atoms with E-state index in [1.54, 1.807) is 24.3 Å². The van der Waals surface area contributed by atoms with Gasteiger partial charge in [0.2, 0.25) is 11.5 Å². The molecule has 0 aliphatic carbocycles. The Morgan fingerprint density at radius 1 is 0.941 bits per heavy atom. The van der Waals surface area contributed by atoms with E-state index in [-0.39, 0.29) is 17.3 Å². The summed E-state index contributed by atoms with van der Waals surface area (Å²) in [7, 11) is 6.54. The van der Waals surface area contributed by atoms with Crippen LogP contribution in [0.3, 0.4) is 0 Å². The Bertz CT molecular complexity index is 1210. The second-order valence-corrected chi connectivity index (χ2v) is 8.00. The molecule has 0 atom stereocenters. The van der Waals surface area contributed by atoms with E-state index in [0.717, 1.165) is 5.56 Å². The SMILES string of the molecule is COc1cc(C=C2Oc3c(ccc(O)c3CN(C)Cc3ccccc3)C2=O)cc(OC)c1OC. The van der Waals surface area contributed by atoms with Crippen LogP contribution in [0.25, 0.3) is 6.08 Å². The highest BCUT2D eigenvalue weighted by atomic mass is 16.5. The summed E-state index contributed by atoms with van der Waals surface area (Å²) in [4.78, 5) is 15.2. The fraction of sp³-hybridized carbons (Fsp3) is 0.222. The summed E-state index contributed by atoms with van der Waals surface area (Å²) in [6, 6.07) is 16.6. The molecule has 4 rings (SSSR count). The van der Waals surface area contributed by atoms with E-state index < -0.39 is 0 Å². The molecule has 176 valence electrons. The minimum absolute atomic E-state index is 0.0838. The van der Waals surface area contributed by atoms with Gasteiger partial charge in [0, 0.05) is 13.1 Å². The Balaban J connectivity index is 1.64. The average molecular weight is 462 g/mol. The molecule has 1 N–H and O–H groups in total. The number of phenols is 1. The third-order valence-corrected chi connectivity index (χ3v) is 5.62. The molecule has 0 fully saturated rings. The van der Waals surface area contributed by atoms with Crippen LogP contribution >= 0.6 is 0 Å². The number of allylic oxidation sites excluding steroid dienone is 1. The zero-order valence-electron chi connectivity index (χ0n) is 19.6. The summed E-state index contributed by atoms with van der Waals surface area (Å²) in [5.41, 5.74) is 2.78. The highest BCUT2D eigenvalue weighted by Crippen LogP contribution is 2.42. The van der Waals surface area contributed by atoms with Crippen molar-refractivity contribution in [1.29, 1.82) is 0 Å². The molecule has 0 spiro atoms. The van der Waals surface area contributed by atoms with Crippen molar-refractivity contribution in [2.45, 2.75) is 13.1 Å². The van der Waals surface area contributed by atoms with Gasteiger partial charge in [-0.3, -0.25) is 9.69 Å². The van der Waals surface area contributed by atoms with Gasteiger partial charge in [-0.15, -0.1) is 0 Å². The van der Waals surface area contributed by atoms with Gasteiger partial charge in [0.1, 0.15) is 11.5 Å². The molecule has 0 unspecified atom stereocenters. The average Bonchev–Trinajstić information content (AvgIpc) is 3.16. The fourth-order valence-electron chi connectivity index (χ4n) is 4.01. The number of hydrogen-bond donors (Lipinski definition) is 1. The van der Waals surface area contributed by atoms with E-state index in [0.29, 0.717) is 52.8 Å². The molecule has 0 aromatic heterocycles. The number of nitrogens with zero attached hydrogens (tertiary/aromatic N) is 1. The van der Waals surface area contributed by atoms with Crippen LogP contribution in [0.15, 0.2) is 60.4 Å². The topological polar surface area (TPSA) is 77.5 Å². The van der Waals surface area contributed by atoms with Crippen molar-refractivity contribution >= 4 is 11.9 Å². The maximum Gasteiger partial charge on any atom is 0.231 e. The molecular formula is C27H27NO6. The van der Waals surface area contributed by atoms with Crippen molar-refractivity contribution in [3.8, 4) is 28.7 Å². The minimum Gasteiger partial charge on any atom is -0.507 e. The first-order valence-corrected chi connectivity index (χ1v) is 10.8. The molecule has 34 heavy (non-hydrogen) atoms. The van der Waals surface area contributed by atoms with Crippen LogP contribution in [0.2, 0.25) is 0 Å². The lowest BCUT2D eigenvalue weighted by molar-refractivity contribution is 0.101. The Morgan fingerprint density at radius 3 is 2.24 bits per heavy atom. The zero-order valence-corrected chi connectivity index (χ0v) is 19.6. The second kappa shape index (κ2) is 9.89. The number of aromatic hydroxyl groups is 1. The Labute approximate surface area is 198 Å². The van der Waals surface area contributed by atoms with E-state index in [1.807, 2.05) is 37.4 Å². The lowest BCUT2D eigenvalue weighted by Gasteiger charge is -2.19. The summed E-state index contributed by atoms with van der Waals surface area (Å²) < 4.78 is 22.2. The summed E-state index contributed by atoms with van der Waals surface area (Å²) >= 11 is 0. The smallest absolute Gasteiger partial charge is 0.231 e. The van der Waals surface area contributed by atoms with Gasteiger partial charge in [-0.2, -0.15) is 0 Å². The molecule has 1 aliphatic rings. The molecule has 7 nitrogen and oxygen atoms in total. The number of phenolic OH excluding ortho intramolecular Hbond substituents is 1. The first-order valence-electron chi connectivity index (χ1n) is 10.8. The van der Waals surface area contributed by atoms with E-state index in [2.05, 4.69) is 4.90 Å². The first-order chi connectivity index (χ1) is 16.4. The largest absolute Gasteiger partial charge is 0.507 e. The predicted octanol–water partition coefficient (Wildman–Crippen LogP) is 4.67. The van der Waals surface area contributed by atoms with Gasteiger partial charge in [0.15, 0.2) is 17.3 Å². The number of carbonyl (C=O) groups is 1. The maximum atomic E-state index is 13.1. The van der Waals surface area contributed by atoms with Crippen LogP contribution in [0, 0.1) is 0 Å². The van der Waals surface area contributed by atoms with Crippen molar-refractivity contribution in [3.05, 3.63) is 82.6 Å². The van der Waals surface area contributed by atoms with Gasteiger partial charge >= 0.3 is 0 Å². The molecule has 1 aliphatic heterocycles. The van der Waals surface area contributed by atoms with Crippen LogP contribution in [0.4, 0.5) is 0 Å². The van der Waals surface area contributed by atoms with Crippen LogP contribution in [-0.4, -0.2) is 44.2 Å². The summed E-state index contributed by atoms with van der Waals surface area (Å²) in [6.07, 6.45) is 1.63. The van der Waals surface area contributed by atoms with Crippen LogP contribution in [0.5, 0.6) is 28.7 Å². The molecule has 3 aromatic carbocycles. The van der Waals surface area contributed by atoms with Gasteiger partial charge in [0.05, 0.1) is 32.5 Å². The normalized spacial score (nSPS) is 13.7. The number of methoxy groups -OCH3 is 3. The monoisotopic (exact) mass is 461 g/mol. The zero-order chi connectivity index (χ0) is 24.2. The summed E-state index contributed by atoms with van der Waals surface area (Å²) in [5, 5.41) is 10.6. The van der Waals surface area contributed by atoms with Gasteiger partial charge < -0.3 is 24.1 Å². The van der Waals surface area contributed by atoms with Gasteiger partial charge in [-0.05, 0) is 48.5 Å². The van der Waals surface area contributed by atoms with E-state index in [1.165, 1.54) is 27.4 Å². The molecule has 1 heterocycles. The lowest BCUT2D eigenvalue weighted by atomic mass is 10.0. The van der Waals surface area contributed by atoms with Crippen LogP contribution in [0.1, 0.15) is 27.0 Å². The van der Waals surface area contributed by atoms with Gasteiger partial charge in [0.25, 0.3) is 0 Å². The second-order valence-electron chi connectivity index (χ2n) is 8.00. The number of rotatable bonds is 8. The summed E-state index contributed by atoms with van der Waals surface area (Å²) in [5.74, 6) is 1.76. The van der Waals surface area contributed by atoms with Crippen molar-refractivity contribution < 1.29 is 28.8 Å². The number of benzene rings is 3. The van der Waals surface area contributed by atoms with Crippen LogP contribution in [-0.2, 0) is 13.1 Å². The molecule has 0 radical (unpaired) electrons. The quantitative estimate of drug-likeness (QED) is 0.489. The number of ether oxygens (including phenoxy) is 4. The van der Waals surface area contributed by atoms with Crippen molar-refractivity contribution in [2.24, 2.45) is 0 Å². The minimum atomic E-state index is -0.254. The number of fused-ring (bicyclic) bond motifs is 1. The first kappa shape index (κ1) is 23.2. The lowest BCUT2D eigenvalue weighted by Crippen LogP contribution is -2.17. The van der Waals surface area contributed by atoms with Crippen molar-refractivity contribution in [1.82, 2.24) is 4.90 Å². The van der Waals surface area contributed by atoms with Crippen LogP contribution < -0.4 is 18.9 Å². The third kappa shape index (κ3) is 4.56. The molecule has 0 amide bonds. The number of hydrogen-bond acceptors (Lipinski definition) is 7. The molecule has 0 saturated carbocycles. The van der Waals surface area contributed by atoms with Crippen molar-refractivity contribution in [3.63, 3.8) is 0 Å². The standard InChI is InChI=1S/C27H27NO6/c1-28(15-17-8-6-5-7-9-17)16-20-21(29)11-10-19-25(30)22(34-26(19)20)12-18-13-23(31-2)27(33-4)24(14-18)32-3/h5-14,29H,15-16H2,1-4H3. The van der Waals surface area contributed by atoms with Gasteiger partial charge in [-0.1, -0.05) is 30.3 Å². The number of Topliss-reactive ketones (excluding diaryl/α,β-unsaturated/α-hetero) is 1. The Morgan fingerprint density at radius 2 is 1.62 bits per heavy atom. The maximum absolute atomic E-state index is 13.1. The highest BCUT2D eigenvalue weighted by molar-refractivity contribution is 6.15. The van der Waals surface area contributed by atoms with E-state index in [4.69, 9.17) is 18.9 Å². The molecule has 0 bridgehead atoms. The highest BCUT2D eigenvalue weighted by Gasteiger charge is 2.31. The molecule has 3 aromatic rings. The Kier molecular flexibility index (Phi) is 6.75.